The van der Waals surface area contributed by atoms with E-state index in [9.17, 15) is 12.8 Å². The van der Waals surface area contributed by atoms with Crippen molar-refractivity contribution in [1.29, 1.82) is 0 Å². The largest absolute Gasteiger partial charge is 0.496 e. The second-order valence-corrected chi connectivity index (χ2v) is 5.94. The van der Waals surface area contributed by atoms with Crippen LogP contribution in [0.4, 0.5) is 4.39 Å². The van der Waals surface area contributed by atoms with E-state index in [-0.39, 0.29) is 10.8 Å². The number of hydrogen-bond acceptors (Lipinski definition) is 3. The van der Waals surface area contributed by atoms with E-state index in [1.54, 1.807) is 0 Å². The van der Waals surface area contributed by atoms with Crippen molar-refractivity contribution in [3.8, 4) is 5.75 Å². The van der Waals surface area contributed by atoms with Crippen LogP contribution in [-0.2, 0) is 9.84 Å². The zero-order valence-electron chi connectivity index (χ0n) is 9.74. The smallest absolute Gasteiger partial charge is 0.178 e. The Labute approximate surface area is 95.2 Å². The van der Waals surface area contributed by atoms with E-state index in [4.69, 9.17) is 4.74 Å². The van der Waals surface area contributed by atoms with Crippen LogP contribution in [0.1, 0.15) is 25.3 Å². The van der Waals surface area contributed by atoms with Gasteiger partial charge in [-0.25, -0.2) is 12.8 Å². The van der Waals surface area contributed by atoms with Crippen LogP contribution in [0.2, 0.25) is 0 Å². The number of hydrogen-bond donors (Lipinski definition) is 0. The van der Waals surface area contributed by atoms with E-state index in [0.29, 0.717) is 11.3 Å². The molecule has 16 heavy (non-hydrogen) atoms. The average Bonchev–Trinajstić information content (AvgIpc) is 2.15. The molecule has 1 rings (SSSR count). The third kappa shape index (κ3) is 2.52. The molecular formula is C11H15FO3S. The van der Waals surface area contributed by atoms with Gasteiger partial charge in [0.05, 0.1) is 7.11 Å². The molecule has 0 N–H and O–H groups in total. The summed E-state index contributed by atoms with van der Waals surface area (Å²) in [5.41, 5.74) is 0.660. The lowest BCUT2D eigenvalue weighted by atomic mass is 10.0. The Balaban J connectivity index is 3.50. The van der Waals surface area contributed by atoms with E-state index in [1.807, 2.05) is 13.8 Å². The highest BCUT2D eigenvalue weighted by molar-refractivity contribution is 7.90. The predicted molar refractivity (Wildman–Crippen MR) is 60.2 cm³/mol. The molecule has 0 spiro atoms. The minimum Gasteiger partial charge on any atom is -0.496 e. The molecule has 3 nitrogen and oxygen atoms in total. The zero-order chi connectivity index (χ0) is 12.5. The Bertz CT molecular complexity index is 492. The Kier molecular flexibility index (Phi) is 3.57. The van der Waals surface area contributed by atoms with Crippen molar-refractivity contribution >= 4 is 9.84 Å². The van der Waals surface area contributed by atoms with Crippen LogP contribution in [0.5, 0.6) is 5.75 Å². The first-order valence-corrected chi connectivity index (χ1v) is 6.74. The normalized spacial score (nSPS) is 11.9. The van der Waals surface area contributed by atoms with E-state index >= 15 is 0 Å². The molecule has 5 heteroatoms. The standard InChI is InChI=1S/C11H15FO3S/c1-7(2)8-5-9(12)11(16(4,13)14)6-10(8)15-3/h5-7H,1-4H3. The second-order valence-electron chi connectivity index (χ2n) is 3.95. The van der Waals surface area contributed by atoms with Crippen molar-refractivity contribution in [2.24, 2.45) is 0 Å². The highest BCUT2D eigenvalue weighted by atomic mass is 32.2. The van der Waals surface area contributed by atoms with E-state index in [0.717, 1.165) is 6.26 Å². The predicted octanol–water partition coefficient (Wildman–Crippen LogP) is 2.36. The van der Waals surface area contributed by atoms with Gasteiger partial charge in [0.25, 0.3) is 0 Å². The number of methoxy groups -OCH3 is 1. The molecule has 0 amide bonds. The Morgan fingerprint density at radius 3 is 2.25 bits per heavy atom. The van der Waals surface area contributed by atoms with Crippen LogP contribution in [-0.4, -0.2) is 21.8 Å². The number of halogens is 1. The van der Waals surface area contributed by atoms with Gasteiger partial charge in [-0.3, -0.25) is 0 Å². The molecule has 0 saturated heterocycles. The van der Waals surface area contributed by atoms with E-state index in [2.05, 4.69) is 0 Å². The summed E-state index contributed by atoms with van der Waals surface area (Å²) in [7, 11) is -2.13. The molecule has 0 heterocycles. The molecule has 0 aromatic heterocycles. The van der Waals surface area contributed by atoms with Gasteiger partial charge in [-0.2, -0.15) is 0 Å². The summed E-state index contributed by atoms with van der Waals surface area (Å²) in [4.78, 5) is -0.325. The van der Waals surface area contributed by atoms with Crippen LogP contribution < -0.4 is 4.74 Å². The van der Waals surface area contributed by atoms with Crippen molar-refractivity contribution in [2.75, 3.05) is 13.4 Å². The third-order valence-corrected chi connectivity index (χ3v) is 3.42. The Hall–Kier alpha value is -1.10. The SMILES string of the molecule is COc1cc(S(C)(=O)=O)c(F)cc1C(C)C. The lowest BCUT2D eigenvalue weighted by molar-refractivity contribution is 0.403. The van der Waals surface area contributed by atoms with Gasteiger partial charge in [0.2, 0.25) is 0 Å². The maximum absolute atomic E-state index is 13.6. The molecule has 0 aliphatic heterocycles. The maximum atomic E-state index is 13.6. The molecule has 0 unspecified atom stereocenters. The fourth-order valence-corrected chi connectivity index (χ4v) is 2.20. The number of rotatable bonds is 3. The molecule has 0 aliphatic rings. The maximum Gasteiger partial charge on any atom is 0.178 e. The minimum absolute atomic E-state index is 0.0676. The van der Waals surface area contributed by atoms with E-state index in [1.165, 1.54) is 19.2 Å². The molecule has 0 bridgehead atoms. The van der Waals surface area contributed by atoms with Gasteiger partial charge in [0, 0.05) is 12.3 Å². The van der Waals surface area contributed by atoms with Crippen molar-refractivity contribution < 1.29 is 17.5 Å². The van der Waals surface area contributed by atoms with Crippen LogP contribution in [0.15, 0.2) is 17.0 Å². The molecule has 0 atom stereocenters. The van der Waals surface area contributed by atoms with Gasteiger partial charge in [-0.1, -0.05) is 13.8 Å². The Morgan fingerprint density at radius 2 is 1.88 bits per heavy atom. The summed E-state index contributed by atoms with van der Waals surface area (Å²) in [6, 6.07) is 2.46. The summed E-state index contributed by atoms with van der Waals surface area (Å²) in [5, 5.41) is 0. The summed E-state index contributed by atoms with van der Waals surface area (Å²) in [6.07, 6.45) is 0.972. The molecule has 0 aliphatic carbocycles. The van der Waals surface area contributed by atoms with Gasteiger partial charge >= 0.3 is 0 Å². The quantitative estimate of drug-likeness (QED) is 0.822. The van der Waals surface area contributed by atoms with Crippen molar-refractivity contribution in [2.45, 2.75) is 24.7 Å². The first-order valence-electron chi connectivity index (χ1n) is 4.85. The Morgan fingerprint density at radius 1 is 1.31 bits per heavy atom. The fourth-order valence-electron chi connectivity index (χ4n) is 1.46. The van der Waals surface area contributed by atoms with Crippen LogP contribution >= 0.6 is 0 Å². The minimum atomic E-state index is -3.56. The highest BCUT2D eigenvalue weighted by Gasteiger charge is 2.19. The van der Waals surface area contributed by atoms with Gasteiger partial charge in [-0.05, 0) is 17.5 Å². The first kappa shape index (κ1) is 13.0. The van der Waals surface area contributed by atoms with Gasteiger partial charge < -0.3 is 4.74 Å². The lowest BCUT2D eigenvalue weighted by Gasteiger charge is -2.13. The first-order chi connectivity index (χ1) is 7.27. The zero-order valence-corrected chi connectivity index (χ0v) is 10.6. The number of ether oxygens (including phenoxy) is 1. The average molecular weight is 246 g/mol. The number of benzene rings is 1. The van der Waals surface area contributed by atoms with E-state index < -0.39 is 15.7 Å². The molecule has 0 fully saturated rings. The van der Waals surface area contributed by atoms with Gasteiger partial charge in [-0.15, -0.1) is 0 Å². The van der Waals surface area contributed by atoms with Crippen molar-refractivity contribution in [3.63, 3.8) is 0 Å². The molecular weight excluding hydrogens is 231 g/mol. The number of sulfone groups is 1. The van der Waals surface area contributed by atoms with Crippen molar-refractivity contribution in [3.05, 3.63) is 23.5 Å². The van der Waals surface area contributed by atoms with Crippen molar-refractivity contribution in [1.82, 2.24) is 0 Å². The van der Waals surface area contributed by atoms with Gasteiger partial charge in [0.15, 0.2) is 9.84 Å². The summed E-state index contributed by atoms with van der Waals surface area (Å²) in [5.74, 6) is -0.262. The van der Waals surface area contributed by atoms with Crippen LogP contribution in [0.25, 0.3) is 0 Å². The lowest BCUT2D eigenvalue weighted by Crippen LogP contribution is -2.04. The molecule has 0 radical (unpaired) electrons. The molecule has 1 aromatic carbocycles. The highest BCUT2D eigenvalue weighted by Crippen LogP contribution is 2.30. The third-order valence-electron chi connectivity index (χ3n) is 2.31. The molecule has 0 saturated carbocycles. The molecule has 90 valence electrons. The fraction of sp³-hybridized carbons (Fsp3) is 0.455. The second kappa shape index (κ2) is 4.41. The van der Waals surface area contributed by atoms with Crippen LogP contribution in [0.3, 0.4) is 0 Å². The summed E-state index contributed by atoms with van der Waals surface area (Å²) >= 11 is 0. The summed E-state index contributed by atoms with van der Waals surface area (Å²) in [6.45, 7) is 3.77. The molecule has 1 aromatic rings. The van der Waals surface area contributed by atoms with Crippen LogP contribution in [0, 0.1) is 5.82 Å². The topological polar surface area (TPSA) is 43.4 Å². The van der Waals surface area contributed by atoms with Gasteiger partial charge in [0.1, 0.15) is 16.5 Å². The summed E-state index contributed by atoms with van der Waals surface area (Å²) < 4.78 is 41.3. The monoisotopic (exact) mass is 246 g/mol.